The molecule has 1 fully saturated rings. The second-order valence-electron chi connectivity index (χ2n) is 3.80. The molecule has 1 rings (SSSR count). The maximum atomic E-state index is 11.3. The Hall–Kier alpha value is -1.10. The maximum absolute atomic E-state index is 11.3. The summed E-state index contributed by atoms with van der Waals surface area (Å²) in [7, 11) is 1.34. The van der Waals surface area contributed by atoms with Gasteiger partial charge < -0.3 is 15.4 Å². The standard InChI is InChI=1S/C8H14N2O3/c1-8(2,7(12)13-3)10-4-5(10)6(9)11/h5H,4H2,1-3H3,(H2,9,11)/p+1/t5-,10?/m0/s1. The molecule has 1 saturated heterocycles. The first-order chi connectivity index (χ1) is 5.91. The van der Waals surface area contributed by atoms with Crippen LogP contribution >= 0.6 is 0 Å². The third-order valence-corrected chi connectivity index (χ3v) is 2.53. The van der Waals surface area contributed by atoms with Crippen molar-refractivity contribution in [1.82, 2.24) is 0 Å². The van der Waals surface area contributed by atoms with Crippen molar-refractivity contribution in [2.45, 2.75) is 25.4 Å². The molecule has 0 aromatic heterocycles. The van der Waals surface area contributed by atoms with Crippen molar-refractivity contribution in [3.8, 4) is 0 Å². The van der Waals surface area contributed by atoms with Crippen LogP contribution in [0.25, 0.3) is 0 Å². The van der Waals surface area contributed by atoms with Crippen molar-refractivity contribution < 1.29 is 19.2 Å². The van der Waals surface area contributed by atoms with Crippen LogP contribution in [0.5, 0.6) is 0 Å². The minimum Gasteiger partial charge on any atom is -0.464 e. The zero-order valence-corrected chi connectivity index (χ0v) is 8.09. The zero-order valence-electron chi connectivity index (χ0n) is 8.09. The Morgan fingerprint density at radius 1 is 1.54 bits per heavy atom. The average molecular weight is 187 g/mol. The fraction of sp³-hybridized carbons (Fsp3) is 0.750. The predicted octanol–water partition coefficient (Wildman–Crippen LogP) is -2.31. The van der Waals surface area contributed by atoms with Crippen LogP contribution in [-0.4, -0.2) is 37.1 Å². The third-order valence-electron chi connectivity index (χ3n) is 2.53. The van der Waals surface area contributed by atoms with E-state index in [1.165, 1.54) is 7.11 Å². The van der Waals surface area contributed by atoms with Crippen LogP contribution in [0, 0.1) is 0 Å². The molecule has 0 radical (unpaired) electrons. The summed E-state index contributed by atoms with van der Waals surface area (Å²) in [5.41, 5.74) is 4.44. The van der Waals surface area contributed by atoms with E-state index < -0.39 is 5.54 Å². The average Bonchev–Trinajstić information content (AvgIpc) is 2.81. The molecule has 0 aromatic rings. The Morgan fingerprint density at radius 2 is 2.08 bits per heavy atom. The quantitative estimate of drug-likeness (QED) is 0.385. The van der Waals surface area contributed by atoms with Gasteiger partial charge in [-0.2, -0.15) is 0 Å². The van der Waals surface area contributed by atoms with Gasteiger partial charge in [0.25, 0.3) is 5.91 Å². The number of ether oxygens (including phenoxy) is 1. The smallest absolute Gasteiger partial charge is 0.367 e. The Labute approximate surface area is 76.8 Å². The molecule has 5 heteroatoms. The minimum atomic E-state index is -0.672. The molecule has 74 valence electrons. The third kappa shape index (κ3) is 1.65. The number of carbonyl (C=O) groups excluding carboxylic acids is 2. The van der Waals surface area contributed by atoms with Crippen molar-refractivity contribution in [2.75, 3.05) is 13.7 Å². The SMILES string of the molecule is COC(=O)C(C)(C)[NH+]1C[C@H]1C(N)=O. The number of hydrogen-bond acceptors (Lipinski definition) is 3. The van der Waals surface area contributed by atoms with Crippen molar-refractivity contribution in [2.24, 2.45) is 5.73 Å². The van der Waals surface area contributed by atoms with Crippen LogP contribution in [0.15, 0.2) is 0 Å². The van der Waals surface area contributed by atoms with Gasteiger partial charge in [-0.25, -0.2) is 4.79 Å². The molecule has 5 nitrogen and oxygen atoms in total. The lowest BCUT2D eigenvalue weighted by Gasteiger charge is -2.19. The first-order valence-corrected chi connectivity index (χ1v) is 4.15. The molecule has 1 aliphatic rings. The summed E-state index contributed by atoms with van der Waals surface area (Å²) >= 11 is 0. The van der Waals surface area contributed by atoms with Gasteiger partial charge in [-0.15, -0.1) is 0 Å². The molecule has 1 unspecified atom stereocenters. The highest BCUT2D eigenvalue weighted by atomic mass is 16.5. The van der Waals surface area contributed by atoms with Crippen molar-refractivity contribution in [3.05, 3.63) is 0 Å². The van der Waals surface area contributed by atoms with Crippen LogP contribution < -0.4 is 10.6 Å². The van der Waals surface area contributed by atoms with Gasteiger partial charge in [-0.1, -0.05) is 0 Å². The number of hydrogen-bond donors (Lipinski definition) is 2. The summed E-state index contributed by atoms with van der Waals surface area (Å²) < 4.78 is 4.63. The van der Waals surface area contributed by atoms with Gasteiger partial charge >= 0.3 is 5.97 Å². The largest absolute Gasteiger partial charge is 0.464 e. The molecule has 0 spiro atoms. The second kappa shape index (κ2) is 2.99. The number of nitrogens with one attached hydrogen (secondary N) is 1. The number of esters is 1. The van der Waals surface area contributed by atoms with E-state index in [1.807, 2.05) is 0 Å². The van der Waals surface area contributed by atoms with E-state index in [2.05, 4.69) is 4.74 Å². The maximum Gasteiger partial charge on any atom is 0.367 e. The normalized spacial score (nSPS) is 26.7. The van der Waals surface area contributed by atoms with Crippen LogP contribution in [0.1, 0.15) is 13.8 Å². The summed E-state index contributed by atoms with van der Waals surface area (Å²) in [6.45, 7) is 4.12. The van der Waals surface area contributed by atoms with E-state index in [9.17, 15) is 9.59 Å². The van der Waals surface area contributed by atoms with Gasteiger partial charge in [0, 0.05) is 13.8 Å². The Morgan fingerprint density at radius 3 is 2.38 bits per heavy atom. The molecule has 2 atom stereocenters. The number of primary amides is 1. The Kier molecular flexibility index (Phi) is 2.30. The van der Waals surface area contributed by atoms with Gasteiger partial charge in [0.2, 0.25) is 6.04 Å². The van der Waals surface area contributed by atoms with Crippen molar-refractivity contribution in [3.63, 3.8) is 0 Å². The number of quaternary nitrogens is 1. The molecular formula is C8H15N2O3+. The second-order valence-corrected chi connectivity index (χ2v) is 3.80. The van der Waals surface area contributed by atoms with Gasteiger partial charge in [0.1, 0.15) is 6.54 Å². The summed E-state index contributed by atoms with van der Waals surface area (Å²) in [6, 6.07) is -0.228. The Bertz CT molecular complexity index is 250. The summed E-state index contributed by atoms with van der Waals surface area (Å²) in [5, 5.41) is 0. The van der Waals surface area contributed by atoms with Gasteiger partial charge in [-0.05, 0) is 0 Å². The molecule has 0 bridgehead atoms. The van der Waals surface area contributed by atoms with Crippen LogP contribution in [0.3, 0.4) is 0 Å². The molecule has 0 aliphatic carbocycles. The molecular weight excluding hydrogens is 172 g/mol. The van der Waals surface area contributed by atoms with Gasteiger partial charge in [-0.3, -0.25) is 4.79 Å². The lowest BCUT2D eigenvalue weighted by molar-refractivity contribution is -0.816. The highest BCUT2D eigenvalue weighted by Crippen LogP contribution is 2.05. The topological polar surface area (TPSA) is 73.8 Å². The van der Waals surface area contributed by atoms with E-state index in [1.54, 1.807) is 13.8 Å². The summed E-state index contributed by atoms with van der Waals surface area (Å²) in [6.07, 6.45) is 0. The number of nitrogens with two attached hydrogens (primary N) is 1. The highest BCUT2D eigenvalue weighted by Gasteiger charge is 2.57. The summed E-state index contributed by atoms with van der Waals surface area (Å²) in [5.74, 6) is -0.668. The minimum absolute atomic E-state index is 0.228. The lowest BCUT2D eigenvalue weighted by atomic mass is 10.1. The number of rotatable bonds is 3. The van der Waals surface area contributed by atoms with Gasteiger partial charge in [0.05, 0.1) is 7.11 Å². The molecule has 13 heavy (non-hydrogen) atoms. The van der Waals surface area contributed by atoms with Crippen molar-refractivity contribution in [1.29, 1.82) is 0 Å². The molecule has 1 amide bonds. The fourth-order valence-corrected chi connectivity index (χ4v) is 1.51. The molecule has 3 N–H and O–H groups in total. The molecule has 1 aliphatic heterocycles. The van der Waals surface area contributed by atoms with Gasteiger partial charge in [0.15, 0.2) is 5.54 Å². The zero-order chi connectivity index (χ0) is 10.2. The monoisotopic (exact) mass is 187 g/mol. The Balaban J connectivity index is 2.64. The van der Waals surface area contributed by atoms with E-state index in [-0.39, 0.29) is 17.9 Å². The van der Waals surface area contributed by atoms with Crippen LogP contribution in [0.4, 0.5) is 0 Å². The number of carbonyl (C=O) groups is 2. The predicted molar refractivity (Wildman–Crippen MR) is 44.9 cm³/mol. The van der Waals surface area contributed by atoms with Crippen molar-refractivity contribution >= 4 is 11.9 Å². The van der Waals surface area contributed by atoms with E-state index in [0.29, 0.717) is 6.54 Å². The summed E-state index contributed by atoms with van der Waals surface area (Å²) in [4.78, 5) is 22.9. The lowest BCUT2D eigenvalue weighted by Crippen LogP contribution is -3.06. The molecule has 0 aromatic carbocycles. The van der Waals surface area contributed by atoms with E-state index in [0.717, 1.165) is 4.90 Å². The van der Waals surface area contributed by atoms with E-state index in [4.69, 9.17) is 5.73 Å². The van der Waals surface area contributed by atoms with Crippen LogP contribution in [-0.2, 0) is 14.3 Å². The molecule has 1 heterocycles. The van der Waals surface area contributed by atoms with E-state index >= 15 is 0 Å². The first kappa shape index (κ1) is 9.98. The number of amides is 1. The number of methoxy groups -OCH3 is 1. The first-order valence-electron chi connectivity index (χ1n) is 4.15. The molecule has 0 saturated carbocycles. The highest BCUT2D eigenvalue weighted by molar-refractivity contribution is 5.82. The van der Waals surface area contributed by atoms with Crippen LogP contribution in [0.2, 0.25) is 0 Å². The fourth-order valence-electron chi connectivity index (χ4n) is 1.51.